The van der Waals surface area contributed by atoms with E-state index in [1.807, 2.05) is 0 Å². The summed E-state index contributed by atoms with van der Waals surface area (Å²) in [5.41, 5.74) is 5.74. The van der Waals surface area contributed by atoms with Gasteiger partial charge in [-0.25, -0.2) is 18.2 Å². The number of nitrogens with two attached hydrogens (primary N) is 1. The minimum Gasteiger partial charge on any atom is -0.455 e. The van der Waals surface area contributed by atoms with Crippen molar-refractivity contribution in [2.75, 3.05) is 5.73 Å². The third kappa shape index (κ3) is 2.67. The molecule has 0 bridgehead atoms. The molecule has 1 aromatic carbocycles. The fourth-order valence-electron chi connectivity index (χ4n) is 1.33. The molecule has 0 amide bonds. The minimum absolute atomic E-state index is 0.202. The van der Waals surface area contributed by atoms with Crippen LogP contribution < -0.4 is 5.73 Å². The summed E-state index contributed by atoms with van der Waals surface area (Å²) in [5.74, 6) is -3.20. The topological polar surface area (TPSA) is 91.2 Å². The van der Waals surface area contributed by atoms with Crippen molar-refractivity contribution >= 4 is 11.7 Å². The Morgan fingerprint density at radius 1 is 1.37 bits per heavy atom. The summed E-state index contributed by atoms with van der Waals surface area (Å²) in [5, 5.41) is 7.01. The van der Waals surface area contributed by atoms with E-state index in [2.05, 4.69) is 14.9 Å². The zero-order valence-electron chi connectivity index (χ0n) is 9.81. The van der Waals surface area contributed by atoms with E-state index in [0.717, 1.165) is 6.07 Å². The number of rotatable bonds is 3. The molecule has 2 rings (SSSR count). The maximum Gasteiger partial charge on any atom is 0.340 e. The first-order valence-electron chi connectivity index (χ1n) is 5.18. The normalized spacial score (nSPS) is 10.5. The van der Waals surface area contributed by atoms with Gasteiger partial charge in [0.1, 0.15) is 18.0 Å². The van der Waals surface area contributed by atoms with Gasteiger partial charge in [0.15, 0.2) is 11.6 Å². The first kappa shape index (κ1) is 12.9. The van der Waals surface area contributed by atoms with Gasteiger partial charge in [0.05, 0.1) is 5.56 Å². The Balaban J connectivity index is 2.12. The lowest BCUT2D eigenvalue weighted by Gasteiger charge is -2.06. The van der Waals surface area contributed by atoms with Gasteiger partial charge in [-0.2, -0.15) is 0 Å². The molecule has 2 aromatic rings. The van der Waals surface area contributed by atoms with Gasteiger partial charge in [0, 0.05) is 11.8 Å². The Morgan fingerprint density at radius 3 is 2.68 bits per heavy atom. The van der Waals surface area contributed by atoms with Gasteiger partial charge < -0.3 is 10.5 Å². The van der Waals surface area contributed by atoms with E-state index >= 15 is 0 Å². The van der Waals surface area contributed by atoms with Crippen LogP contribution in [0.5, 0.6) is 0 Å². The molecule has 0 saturated heterocycles. The largest absolute Gasteiger partial charge is 0.455 e. The maximum absolute atomic E-state index is 13.0. The van der Waals surface area contributed by atoms with Crippen LogP contribution in [0.2, 0.25) is 0 Å². The first-order valence-corrected chi connectivity index (χ1v) is 5.18. The molecule has 8 heteroatoms. The molecular formula is C11H9F2N3O3. The van der Waals surface area contributed by atoms with Crippen LogP contribution in [0.1, 0.15) is 21.7 Å². The van der Waals surface area contributed by atoms with Crippen LogP contribution in [0.25, 0.3) is 0 Å². The van der Waals surface area contributed by atoms with Crippen LogP contribution in [0, 0.1) is 18.6 Å². The van der Waals surface area contributed by atoms with Crippen molar-refractivity contribution in [3.8, 4) is 0 Å². The van der Waals surface area contributed by atoms with Gasteiger partial charge in [-0.3, -0.25) is 0 Å². The van der Waals surface area contributed by atoms with Gasteiger partial charge in [0.2, 0.25) is 0 Å². The Morgan fingerprint density at radius 2 is 2.05 bits per heavy atom. The van der Waals surface area contributed by atoms with Crippen LogP contribution >= 0.6 is 0 Å². The summed E-state index contributed by atoms with van der Waals surface area (Å²) in [7, 11) is 0. The maximum atomic E-state index is 13.0. The van der Waals surface area contributed by atoms with Crippen molar-refractivity contribution < 1.29 is 22.9 Å². The van der Waals surface area contributed by atoms with Crippen molar-refractivity contribution in [1.29, 1.82) is 0 Å². The van der Waals surface area contributed by atoms with E-state index in [-0.39, 0.29) is 17.9 Å². The first-order chi connectivity index (χ1) is 8.99. The van der Waals surface area contributed by atoms with Crippen LogP contribution in [0.4, 0.5) is 14.5 Å². The second kappa shape index (κ2) is 5.01. The third-order valence-corrected chi connectivity index (χ3v) is 2.40. The molecule has 0 aliphatic carbocycles. The highest BCUT2D eigenvalue weighted by Gasteiger charge is 2.17. The van der Waals surface area contributed by atoms with E-state index in [1.165, 1.54) is 0 Å². The number of aromatic nitrogens is 2. The zero-order chi connectivity index (χ0) is 14.0. The molecule has 19 heavy (non-hydrogen) atoms. The molecule has 2 N–H and O–H groups in total. The Hall–Kier alpha value is -2.51. The van der Waals surface area contributed by atoms with Crippen molar-refractivity contribution in [2.24, 2.45) is 0 Å². The molecule has 1 aromatic heterocycles. The number of nitrogens with zero attached hydrogens (tertiary/aromatic N) is 2. The Bertz CT molecular complexity index is 628. The molecule has 0 saturated carbocycles. The minimum atomic E-state index is -1.18. The molecule has 0 atom stereocenters. The van der Waals surface area contributed by atoms with E-state index in [0.29, 0.717) is 17.5 Å². The lowest BCUT2D eigenvalue weighted by molar-refractivity contribution is 0.0464. The van der Waals surface area contributed by atoms with Crippen molar-refractivity contribution in [3.05, 3.63) is 40.7 Å². The monoisotopic (exact) mass is 269 g/mol. The lowest BCUT2D eigenvalue weighted by Crippen LogP contribution is -2.10. The second-order valence-corrected chi connectivity index (χ2v) is 3.73. The second-order valence-electron chi connectivity index (χ2n) is 3.73. The van der Waals surface area contributed by atoms with Crippen molar-refractivity contribution in [1.82, 2.24) is 10.3 Å². The zero-order valence-corrected chi connectivity index (χ0v) is 9.81. The van der Waals surface area contributed by atoms with Crippen molar-refractivity contribution in [3.63, 3.8) is 0 Å². The van der Waals surface area contributed by atoms with E-state index in [9.17, 15) is 13.6 Å². The van der Waals surface area contributed by atoms with Gasteiger partial charge in [-0.1, -0.05) is 10.3 Å². The average molecular weight is 269 g/mol. The van der Waals surface area contributed by atoms with Gasteiger partial charge >= 0.3 is 5.97 Å². The molecule has 0 fully saturated rings. The molecule has 1 heterocycles. The summed E-state index contributed by atoms with van der Waals surface area (Å²) < 4.78 is 35.1. The smallest absolute Gasteiger partial charge is 0.340 e. The molecular weight excluding hydrogens is 260 g/mol. The highest BCUT2D eigenvalue weighted by molar-refractivity contribution is 5.95. The summed E-state index contributed by atoms with van der Waals surface area (Å²) >= 11 is 0. The number of hydrogen-bond acceptors (Lipinski definition) is 6. The van der Waals surface area contributed by atoms with Crippen molar-refractivity contribution in [2.45, 2.75) is 13.5 Å². The molecule has 0 aliphatic rings. The van der Waals surface area contributed by atoms with Gasteiger partial charge in [0.25, 0.3) is 0 Å². The number of nitrogen functional groups attached to an aromatic ring is 1. The van der Waals surface area contributed by atoms with E-state index in [1.54, 1.807) is 6.92 Å². The standard InChI is InChI=1S/C11H9F2N3O3/c1-5-10(16-19-15-5)4-18-11(17)6-2-7(12)8(13)3-9(6)14/h2-3H,4,14H2,1H3. The predicted octanol–water partition coefficient (Wildman–Crippen LogP) is 1.60. The number of carbonyl (C=O) groups is 1. The predicted molar refractivity (Wildman–Crippen MR) is 58.9 cm³/mol. The van der Waals surface area contributed by atoms with Crippen LogP contribution in [0.15, 0.2) is 16.8 Å². The number of benzene rings is 1. The van der Waals surface area contributed by atoms with Crippen LogP contribution in [-0.2, 0) is 11.3 Å². The molecule has 0 aliphatic heterocycles. The Kier molecular flexibility index (Phi) is 3.41. The molecule has 0 radical (unpaired) electrons. The number of ether oxygens (including phenoxy) is 1. The summed E-state index contributed by atoms with van der Waals surface area (Å²) in [4.78, 5) is 11.7. The SMILES string of the molecule is Cc1nonc1COC(=O)c1cc(F)c(F)cc1N. The van der Waals surface area contributed by atoms with E-state index in [4.69, 9.17) is 10.5 Å². The van der Waals surface area contributed by atoms with Gasteiger partial charge in [-0.05, 0) is 13.0 Å². The summed E-state index contributed by atoms with van der Waals surface area (Å²) in [6, 6.07) is 1.40. The van der Waals surface area contributed by atoms with E-state index < -0.39 is 17.6 Å². The number of esters is 1. The number of aryl methyl sites for hydroxylation is 1. The highest BCUT2D eigenvalue weighted by atomic mass is 19.2. The molecule has 100 valence electrons. The fourth-order valence-corrected chi connectivity index (χ4v) is 1.33. The third-order valence-electron chi connectivity index (χ3n) is 2.40. The fraction of sp³-hybridized carbons (Fsp3) is 0.182. The summed E-state index contributed by atoms with van der Waals surface area (Å²) in [6.07, 6.45) is 0. The number of anilines is 1. The summed E-state index contributed by atoms with van der Waals surface area (Å²) in [6.45, 7) is 1.41. The molecule has 0 unspecified atom stereocenters. The quantitative estimate of drug-likeness (QED) is 0.672. The highest BCUT2D eigenvalue weighted by Crippen LogP contribution is 2.18. The average Bonchev–Trinajstić information content (AvgIpc) is 2.76. The lowest BCUT2D eigenvalue weighted by atomic mass is 10.1. The molecule has 6 nitrogen and oxygen atoms in total. The number of carbonyl (C=O) groups excluding carboxylic acids is 1. The van der Waals surface area contributed by atoms with Crippen LogP contribution in [-0.4, -0.2) is 16.3 Å². The number of halogens is 2. The van der Waals surface area contributed by atoms with Crippen LogP contribution in [0.3, 0.4) is 0 Å². The molecule has 0 spiro atoms. The van der Waals surface area contributed by atoms with Gasteiger partial charge in [-0.15, -0.1) is 0 Å². The number of hydrogen-bond donors (Lipinski definition) is 1. The Labute approximate surface area is 106 Å².